The predicted molar refractivity (Wildman–Crippen MR) is 83.5 cm³/mol. The number of hydrogen-bond acceptors (Lipinski definition) is 5. The quantitative estimate of drug-likeness (QED) is 0.793. The molecule has 1 heterocycles. The Kier molecular flexibility index (Phi) is 6.71. The molecule has 0 aliphatic rings. The number of nitrogens with one attached hydrogen (secondary N) is 1. The second-order valence-corrected chi connectivity index (χ2v) is 6.04. The Morgan fingerprint density at radius 1 is 1.20 bits per heavy atom. The summed E-state index contributed by atoms with van der Waals surface area (Å²) in [5.74, 6) is 3.08. The van der Waals surface area contributed by atoms with E-state index in [0.29, 0.717) is 18.4 Å². The first-order valence-electron chi connectivity index (χ1n) is 7.29. The summed E-state index contributed by atoms with van der Waals surface area (Å²) in [5, 5.41) is 3.33. The molecule has 20 heavy (non-hydrogen) atoms. The number of anilines is 1. The molecule has 0 amide bonds. The molecule has 1 aromatic heterocycles. The van der Waals surface area contributed by atoms with Gasteiger partial charge in [0.05, 0.1) is 6.61 Å². The van der Waals surface area contributed by atoms with Crippen molar-refractivity contribution in [2.45, 2.75) is 33.6 Å². The summed E-state index contributed by atoms with van der Waals surface area (Å²) < 4.78 is 5.72. The van der Waals surface area contributed by atoms with Crippen LogP contribution in [-0.4, -0.2) is 48.7 Å². The molecule has 0 aliphatic heterocycles. The molecule has 1 rings (SSSR count). The largest absolute Gasteiger partial charge is 0.477 e. The third-order valence-electron chi connectivity index (χ3n) is 2.67. The summed E-state index contributed by atoms with van der Waals surface area (Å²) >= 11 is 0. The Morgan fingerprint density at radius 2 is 1.90 bits per heavy atom. The van der Waals surface area contributed by atoms with Crippen molar-refractivity contribution in [3.63, 3.8) is 0 Å². The van der Waals surface area contributed by atoms with Crippen molar-refractivity contribution >= 4 is 5.82 Å². The van der Waals surface area contributed by atoms with Gasteiger partial charge in [-0.05, 0) is 20.0 Å². The molecule has 0 atom stereocenters. The molecular weight excluding hydrogens is 252 g/mol. The number of likely N-dealkylation sites (N-methyl/N-ethyl adjacent to an activating group) is 1. The number of hydrogen-bond donors (Lipinski definition) is 1. The summed E-state index contributed by atoms with van der Waals surface area (Å²) in [6.07, 6.45) is 0. The molecule has 0 radical (unpaired) electrons. The molecule has 114 valence electrons. The van der Waals surface area contributed by atoms with E-state index in [1.54, 1.807) is 0 Å². The van der Waals surface area contributed by atoms with Gasteiger partial charge >= 0.3 is 0 Å². The topological polar surface area (TPSA) is 50.3 Å². The van der Waals surface area contributed by atoms with E-state index in [-0.39, 0.29) is 5.92 Å². The molecule has 0 spiro atoms. The fourth-order valence-corrected chi connectivity index (χ4v) is 1.53. The van der Waals surface area contributed by atoms with Crippen molar-refractivity contribution in [1.29, 1.82) is 0 Å². The summed E-state index contributed by atoms with van der Waals surface area (Å²) in [5.41, 5.74) is 0. The van der Waals surface area contributed by atoms with Gasteiger partial charge in [0.1, 0.15) is 11.6 Å². The van der Waals surface area contributed by atoms with Crippen LogP contribution in [-0.2, 0) is 0 Å². The molecule has 0 saturated carbocycles. The van der Waals surface area contributed by atoms with Crippen LogP contribution in [0.4, 0.5) is 5.82 Å². The molecular formula is C15H28N4O. The number of rotatable bonds is 8. The Hall–Kier alpha value is -1.36. The van der Waals surface area contributed by atoms with E-state index in [2.05, 4.69) is 62.0 Å². The average Bonchev–Trinajstić information content (AvgIpc) is 2.35. The minimum atomic E-state index is 0.284. The fraction of sp³-hybridized carbons (Fsp3) is 0.733. The molecule has 0 unspecified atom stereocenters. The number of aromatic nitrogens is 2. The van der Waals surface area contributed by atoms with E-state index in [1.807, 2.05) is 6.07 Å². The van der Waals surface area contributed by atoms with Gasteiger partial charge in [0, 0.05) is 25.1 Å². The Labute approximate surface area is 122 Å². The molecule has 5 heteroatoms. The molecule has 1 N–H and O–H groups in total. The normalized spacial score (nSPS) is 11.4. The van der Waals surface area contributed by atoms with E-state index >= 15 is 0 Å². The van der Waals surface area contributed by atoms with E-state index in [4.69, 9.17) is 4.74 Å². The maximum Gasteiger partial charge on any atom is 0.218 e. The second-order valence-electron chi connectivity index (χ2n) is 6.04. The van der Waals surface area contributed by atoms with Crippen LogP contribution in [0.2, 0.25) is 0 Å². The van der Waals surface area contributed by atoms with Crippen LogP contribution in [0, 0.1) is 5.92 Å². The van der Waals surface area contributed by atoms with Gasteiger partial charge in [-0.25, -0.2) is 4.98 Å². The highest BCUT2D eigenvalue weighted by Crippen LogP contribution is 2.19. The van der Waals surface area contributed by atoms with E-state index in [9.17, 15) is 0 Å². The standard InChI is InChI=1S/C15H28N4O/c1-11(2)10-20-14-9-13(16-7-8-19(5)6)17-15(18-14)12(3)4/h9,11-12H,7-8,10H2,1-6H3,(H,16,17,18). The molecule has 0 bridgehead atoms. The van der Waals surface area contributed by atoms with Crippen molar-refractivity contribution < 1.29 is 4.74 Å². The lowest BCUT2D eigenvalue weighted by Gasteiger charge is -2.14. The van der Waals surface area contributed by atoms with Gasteiger partial charge in [0.15, 0.2) is 0 Å². The zero-order valence-corrected chi connectivity index (χ0v) is 13.6. The Bertz CT molecular complexity index is 405. The third-order valence-corrected chi connectivity index (χ3v) is 2.67. The maximum absolute atomic E-state index is 5.72. The van der Waals surface area contributed by atoms with Crippen LogP contribution in [0.15, 0.2) is 6.07 Å². The zero-order chi connectivity index (χ0) is 15.1. The highest BCUT2D eigenvalue weighted by Gasteiger charge is 2.09. The SMILES string of the molecule is CC(C)COc1cc(NCCN(C)C)nc(C(C)C)n1. The van der Waals surface area contributed by atoms with Crippen molar-refractivity contribution in [2.75, 3.05) is 39.1 Å². The van der Waals surface area contributed by atoms with Crippen molar-refractivity contribution in [1.82, 2.24) is 14.9 Å². The van der Waals surface area contributed by atoms with Gasteiger partial charge < -0.3 is 15.0 Å². The number of nitrogens with zero attached hydrogens (tertiary/aromatic N) is 3. The van der Waals surface area contributed by atoms with E-state index < -0.39 is 0 Å². The lowest BCUT2D eigenvalue weighted by Crippen LogP contribution is -2.21. The fourth-order valence-electron chi connectivity index (χ4n) is 1.53. The average molecular weight is 280 g/mol. The molecule has 0 saturated heterocycles. The lowest BCUT2D eigenvalue weighted by molar-refractivity contribution is 0.260. The predicted octanol–water partition coefficient (Wildman–Crippen LogP) is 2.61. The molecule has 5 nitrogen and oxygen atoms in total. The molecule has 1 aromatic rings. The second kappa shape index (κ2) is 8.04. The van der Waals surface area contributed by atoms with Crippen LogP contribution < -0.4 is 10.1 Å². The number of ether oxygens (including phenoxy) is 1. The highest BCUT2D eigenvalue weighted by molar-refractivity contribution is 5.38. The summed E-state index contributed by atoms with van der Waals surface area (Å²) in [7, 11) is 4.11. The highest BCUT2D eigenvalue weighted by atomic mass is 16.5. The third kappa shape index (κ3) is 6.19. The van der Waals surface area contributed by atoms with Gasteiger partial charge in [0.25, 0.3) is 0 Å². The van der Waals surface area contributed by atoms with Gasteiger partial charge in [-0.2, -0.15) is 4.98 Å². The molecule has 0 aliphatic carbocycles. The van der Waals surface area contributed by atoms with Crippen LogP contribution in [0.5, 0.6) is 5.88 Å². The van der Waals surface area contributed by atoms with Gasteiger partial charge in [-0.1, -0.05) is 27.7 Å². The summed E-state index contributed by atoms with van der Waals surface area (Å²) in [4.78, 5) is 11.1. The van der Waals surface area contributed by atoms with Crippen LogP contribution in [0.25, 0.3) is 0 Å². The van der Waals surface area contributed by atoms with E-state index in [0.717, 1.165) is 24.7 Å². The van der Waals surface area contributed by atoms with Crippen molar-refractivity contribution in [3.05, 3.63) is 11.9 Å². The van der Waals surface area contributed by atoms with Crippen LogP contribution in [0.3, 0.4) is 0 Å². The first-order chi connectivity index (χ1) is 9.38. The van der Waals surface area contributed by atoms with Crippen molar-refractivity contribution in [3.8, 4) is 5.88 Å². The lowest BCUT2D eigenvalue weighted by atomic mass is 10.2. The monoisotopic (exact) mass is 280 g/mol. The first-order valence-corrected chi connectivity index (χ1v) is 7.29. The first kappa shape index (κ1) is 16.7. The Balaban J connectivity index is 2.76. The summed E-state index contributed by atoms with van der Waals surface area (Å²) in [6.45, 7) is 10.9. The van der Waals surface area contributed by atoms with Gasteiger partial charge in [-0.3, -0.25) is 0 Å². The maximum atomic E-state index is 5.72. The van der Waals surface area contributed by atoms with Crippen molar-refractivity contribution in [2.24, 2.45) is 5.92 Å². The van der Waals surface area contributed by atoms with Crippen LogP contribution in [0.1, 0.15) is 39.4 Å². The van der Waals surface area contributed by atoms with Crippen LogP contribution >= 0.6 is 0 Å². The van der Waals surface area contributed by atoms with Gasteiger partial charge in [0.2, 0.25) is 5.88 Å². The zero-order valence-electron chi connectivity index (χ0n) is 13.6. The van der Waals surface area contributed by atoms with Gasteiger partial charge in [-0.15, -0.1) is 0 Å². The van der Waals surface area contributed by atoms with E-state index in [1.165, 1.54) is 0 Å². The molecule has 0 fully saturated rings. The minimum absolute atomic E-state index is 0.284. The molecule has 0 aromatic carbocycles. The minimum Gasteiger partial charge on any atom is -0.477 e. The Morgan fingerprint density at radius 3 is 2.45 bits per heavy atom. The smallest absolute Gasteiger partial charge is 0.218 e. The summed E-state index contributed by atoms with van der Waals surface area (Å²) in [6, 6.07) is 1.88.